The van der Waals surface area contributed by atoms with E-state index in [2.05, 4.69) is 10.2 Å². The van der Waals surface area contributed by atoms with Gasteiger partial charge in [-0.15, -0.1) is 0 Å². The molecule has 0 spiro atoms. The summed E-state index contributed by atoms with van der Waals surface area (Å²) in [4.78, 5) is 14.5. The molecule has 2 N–H and O–H groups in total. The molecule has 19 heavy (non-hydrogen) atoms. The van der Waals surface area contributed by atoms with Crippen molar-refractivity contribution in [1.82, 2.24) is 10.2 Å². The van der Waals surface area contributed by atoms with Crippen LogP contribution in [0, 0.1) is 0 Å². The van der Waals surface area contributed by atoms with Crippen LogP contribution in [0.1, 0.15) is 57.8 Å². The number of nitrogens with zero attached hydrogens (tertiary/aromatic N) is 1. The Hall–Kier alpha value is -0.610. The smallest absolute Gasteiger partial charge is 0.223 e. The van der Waals surface area contributed by atoms with Crippen molar-refractivity contribution >= 4 is 5.91 Å². The standard InChI is InChI=1S/C15H26N2O2/c18-14-9-12-5-6-13(10-14)17(12)15(19)7-4-11-3-1-2-8-16-11/h11-14,16,18H,1-10H2. The summed E-state index contributed by atoms with van der Waals surface area (Å²) in [5, 5.41) is 13.3. The molecular weight excluding hydrogens is 240 g/mol. The average molecular weight is 266 g/mol. The second-order valence-electron chi connectivity index (χ2n) is 6.50. The third-order valence-corrected chi connectivity index (χ3v) is 5.12. The normalized spacial score (nSPS) is 38.5. The Morgan fingerprint density at radius 2 is 1.89 bits per heavy atom. The largest absolute Gasteiger partial charge is 0.393 e. The molecule has 0 aromatic rings. The van der Waals surface area contributed by atoms with Crippen molar-refractivity contribution in [3.63, 3.8) is 0 Å². The van der Waals surface area contributed by atoms with E-state index in [0.717, 1.165) is 38.6 Å². The molecule has 3 unspecified atom stereocenters. The fourth-order valence-electron chi connectivity index (χ4n) is 4.15. The molecule has 0 aliphatic carbocycles. The number of aliphatic hydroxyl groups is 1. The van der Waals surface area contributed by atoms with Gasteiger partial charge in [0.15, 0.2) is 0 Å². The van der Waals surface area contributed by atoms with E-state index in [0.29, 0.717) is 30.5 Å². The van der Waals surface area contributed by atoms with Gasteiger partial charge in [0.05, 0.1) is 6.10 Å². The van der Waals surface area contributed by atoms with Gasteiger partial charge >= 0.3 is 0 Å². The first-order valence-electron chi connectivity index (χ1n) is 7.96. The molecule has 4 nitrogen and oxygen atoms in total. The van der Waals surface area contributed by atoms with Crippen LogP contribution in [0.15, 0.2) is 0 Å². The lowest BCUT2D eigenvalue weighted by Gasteiger charge is -2.37. The minimum Gasteiger partial charge on any atom is -0.393 e. The van der Waals surface area contributed by atoms with Gasteiger partial charge in [0.2, 0.25) is 5.91 Å². The van der Waals surface area contributed by atoms with Crippen LogP contribution in [0.4, 0.5) is 0 Å². The van der Waals surface area contributed by atoms with Crippen LogP contribution in [0.3, 0.4) is 0 Å². The Labute approximate surface area is 115 Å². The third-order valence-electron chi connectivity index (χ3n) is 5.12. The van der Waals surface area contributed by atoms with Crippen LogP contribution in [0.25, 0.3) is 0 Å². The van der Waals surface area contributed by atoms with Crippen LogP contribution in [-0.2, 0) is 4.79 Å². The van der Waals surface area contributed by atoms with Crippen molar-refractivity contribution in [3.8, 4) is 0 Å². The van der Waals surface area contributed by atoms with Gasteiger partial charge in [0.25, 0.3) is 0 Å². The maximum absolute atomic E-state index is 12.4. The quantitative estimate of drug-likeness (QED) is 0.812. The van der Waals surface area contributed by atoms with Gasteiger partial charge in [-0.1, -0.05) is 6.42 Å². The lowest BCUT2D eigenvalue weighted by atomic mass is 9.97. The van der Waals surface area contributed by atoms with Gasteiger partial charge < -0.3 is 15.3 Å². The Morgan fingerprint density at radius 1 is 1.16 bits per heavy atom. The Bertz CT molecular complexity index is 314. The highest BCUT2D eigenvalue weighted by molar-refractivity contribution is 5.77. The maximum Gasteiger partial charge on any atom is 0.223 e. The summed E-state index contributed by atoms with van der Waals surface area (Å²) >= 11 is 0. The third kappa shape index (κ3) is 2.95. The van der Waals surface area contributed by atoms with E-state index < -0.39 is 0 Å². The summed E-state index contributed by atoms with van der Waals surface area (Å²) in [7, 11) is 0. The Morgan fingerprint density at radius 3 is 2.53 bits per heavy atom. The van der Waals surface area contributed by atoms with E-state index in [-0.39, 0.29) is 6.10 Å². The lowest BCUT2D eigenvalue weighted by Crippen LogP contribution is -2.48. The molecule has 3 aliphatic heterocycles. The Balaban J connectivity index is 1.50. The molecule has 0 radical (unpaired) electrons. The van der Waals surface area contributed by atoms with Crippen molar-refractivity contribution in [1.29, 1.82) is 0 Å². The number of piperidine rings is 2. The molecule has 3 aliphatic rings. The summed E-state index contributed by atoms with van der Waals surface area (Å²) in [6, 6.07) is 1.19. The molecule has 0 aromatic carbocycles. The molecule has 2 bridgehead atoms. The van der Waals surface area contributed by atoms with Crippen LogP contribution < -0.4 is 5.32 Å². The molecule has 4 heteroatoms. The highest BCUT2D eigenvalue weighted by Crippen LogP contribution is 2.36. The van der Waals surface area contributed by atoms with E-state index in [1.54, 1.807) is 0 Å². The van der Waals surface area contributed by atoms with Crippen molar-refractivity contribution in [3.05, 3.63) is 0 Å². The summed E-state index contributed by atoms with van der Waals surface area (Å²) in [5.41, 5.74) is 0. The fourth-order valence-corrected chi connectivity index (χ4v) is 4.15. The number of carbonyl (C=O) groups excluding carboxylic acids is 1. The minimum atomic E-state index is -0.179. The molecule has 3 saturated heterocycles. The number of fused-ring (bicyclic) bond motifs is 2. The number of amides is 1. The monoisotopic (exact) mass is 266 g/mol. The summed E-state index contributed by atoms with van der Waals surface area (Å²) < 4.78 is 0. The van der Waals surface area contributed by atoms with E-state index in [9.17, 15) is 9.90 Å². The fraction of sp³-hybridized carbons (Fsp3) is 0.933. The van der Waals surface area contributed by atoms with E-state index in [4.69, 9.17) is 0 Å². The highest BCUT2D eigenvalue weighted by Gasteiger charge is 2.42. The van der Waals surface area contributed by atoms with Crippen LogP contribution in [-0.4, -0.2) is 46.7 Å². The molecule has 0 aromatic heterocycles. The minimum absolute atomic E-state index is 0.179. The number of rotatable bonds is 3. The first kappa shape index (κ1) is 13.4. The van der Waals surface area contributed by atoms with E-state index >= 15 is 0 Å². The lowest BCUT2D eigenvalue weighted by molar-refractivity contribution is -0.137. The van der Waals surface area contributed by atoms with Crippen LogP contribution in [0.5, 0.6) is 0 Å². The summed E-state index contributed by atoms with van der Waals surface area (Å²) in [5.74, 6) is 0.326. The zero-order chi connectivity index (χ0) is 13.2. The molecule has 1 amide bonds. The topological polar surface area (TPSA) is 52.6 Å². The SMILES string of the molecule is O=C(CCC1CCCCN1)N1C2CCC1CC(O)C2. The Kier molecular flexibility index (Phi) is 4.08. The van der Waals surface area contributed by atoms with Gasteiger partial charge in [-0.3, -0.25) is 4.79 Å². The predicted octanol–water partition coefficient (Wildman–Crippen LogP) is 1.42. The maximum atomic E-state index is 12.4. The zero-order valence-electron chi connectivity index (χ0n) is 11.7. The molecule has 3 rings (SSSR count). The molecular formula is C15H26N2O2. The van der Waals surface area contributed by atoms with Gasteiger partial charge in [-0.2, -0.15) is 0 Å². The number of nitrogens with one attached hydrogen (secondary N) is 1. The van der Waals surface area contributed by atoms with Crippen molar-refractivity contribution in [2.75, 3.05) is 6.54 Å². The second kappa shape index (κ2) is 5.80. The number of aliphatic hydroxyl groups excluding tert-OH is 1. The second-order valence-corrected chi connectivity index (χ2v) is 6.50. The van der Waals surface area contributed by atoms with Crippen molar-refractivity contribution < 1.29 is 9.90 Å². The number of hydrogen-bond donors (Lipinski definition) is 2. The van der Waals surface area contributed by atoms with Crippen LogP contribution >= 0.6 is 0 Å². The van der Waals surface area contributed by atoms with E-state index in [1.807, 2.05) is 0 Å². The number of carbonyl (C=O) groups is 1. The van der Waals surface area contributed by atoms with Crippen molar-refractivity contribution in [2.45, 2.75) is 82.0 Å². The molecule has 3 fully saturated rings. The van der Waals surface area contributed by atoms with Crippen molar-refractivity contribution in [2.24, 2.45) is 0 Å². The van der Waals surface area contributed by atoms with E-state index in [1.165, 1.54) is 19.3 Å². The number of hydrogen-bond acceptors (Lipinski definition) is 3. The van der Waals surface area contributed by atoms with Gasteiger partial charge in [0.1, 0.15) is 0 Å². The predicted molar refractivity (Wildman–Crippen MR) is 73.8 cm³/mol. The molecule has 3 atom stereocenters. The van der Waals surface area contributed by atoms with Crippen LogP contribution in [0.2, 0.25) is 0 Å². The average Bonchev–Trinajstić information content (AvgIpc) is 2.70. The summed E-state index contributed by atoms with van der Waals surface area (Å²) in [6.07, 6.45) is 9.06. The van der Waals surface area contributed by atoms with Gasteiger partial charge in [-0.05, 0) is 51.5 Å². The first-order valence-corrected chi connectivity index (χ1v) is 7.96. The summed E-state index contributed by atoms with van der Waals surface area (Å²) in [6.45, 7) is 1.11. The molecule has 108 valence electrons. The molecule has 0 saturated carbocycles. The highest BCUT2D eigenvalue weighted by atomic mass is 16.3. The van der Waals surface area contributed by atoms with Gasteiger partial charge in [-0.25, -0.2) is 0 Å². The van der Waals surface area contributed by atoms with Gasteiger partial charge in [0, 0.05) is 24.5 Å². The zero-order valence-corrected chi connectivity index (χ0v) is 11.7. The first-order chi connectivity index (χ1) is 9.24. The molecule has 3 heterocycles.